The van der Waals surface area contributed by atoms with Crippen molar-refractivity contribution in [1.29, 1.82) is 10.5 Å². The number of allylic oxidation sites excluding steroid dienone is 2. The van der Waals surface area contributed by atoms with E-state index < -0.39 is 0 Å². The number of hydrogen-bond acceptors (Lipinski definition) is 2. The molecule has 0 heterocycles. The largest absolute Gasteiger partial charge is 0.192 e. The van der Waals surface area contributed by atoms with Crippen molar-refractivity contribution in [2.45, 2.75) is 13.3 Å². The van der Waals surface area contributed by atoms with Gasteiger partial charge < -0.3 is 0 Å². The number of hydrogen-bond donors (Lipinski definition) is 0. The van der Waals surface area contributed by atoms with Gasteiger partial charge in [-0.25, -0.2) is 0 Å². The first kappa shape index (κ1) is 16.1. The highest BCUT2D eigenvalue weighted by molar-refractivity contribution is 6.42. The molecule has 2 rings (SSSR count). The molecule has 0 radical (unpaired) electrons. The van der Waals surface area contributed by atoms with Crippen LogP contribution in [0.3, 0.4) is 0 Å². The molecule has 22 heavy (non-hydrogen) atoms. The summed E-state index contributed by atoms with van der Waals surface area (Å²) in [5, 5.41) is 19.0. The van der Waals surface area contributed by atoms with Crippen LogP contribution < -0.4 is 0 Å². The molecule has 0 atom stereocenters. The minimum absolute atomic E-state index is 0.131. The lowest BCUT2D eigenvalue weighted by Gasteiger charge is -2.07. The molecule has 0 aliphatic heterocycles. The molecule has 0 aromatic heterocycles. The molecular weight excluding hydrogens is 315 g/mol. The summed E-state index contributed by atoms with van der Waals surface area (Å²) >= 11 is 11.9. The Balaban J connectivity index is 2.33. The molecule has 0 saturated heterocycles. The number of nitriles is 2. The van der Waals surface area contributed by atoms with E-state index in [0.717, 1.165) is 16.7 Å². The van der Waals surface area contributed by atoms with E-state index in [2.05, 4.69) is 0 Å². The molecule has 0 amide bonds. The molecular formula is C18H12Cl2N2. The number of nitrogens with zero attached hydrogens (tertiary/aromatic N) is 2. The number of rotatable bonds is 3. The molecule has 0 aliphatic carbocycles. The summed E-state index contributed by atoms with van der Waals surface area (Å²) in [5.74, 6) is 0. The zero-order chi connectivity index (χ0) is 16.1. The normalized spacial score (nSPS) is 9.68. The Hall–Kier alpha value is -2.26. The van der Waals surface area contributed by atoms with E-state index in [0.29, 0.717) is 22.0 Å². The van der Waals surface area contributed by atoms with Crippen molar-refractivity contribution in [1.82, 2.24) is 0 Å². The molecule has 0 aliphatic rings. The third kappa shape index (κ3) is 3.68. The zero-order valence-corrected chi connectivity index (χ0v) is 13.4. The van der Waals surface area contributed by atoms with Crippen LogP contribution in [0.25, 0.3) is 5.57 Å². The van der Waals surface area contributed by atoms with Crippen LogP contribution in [0.2, 0.25) is 10.0 Å². The van der Waals surface area contributed by atoms with E-state index in [1.54, 1.807) is 13.0 Å². The Labute approximate surface area is 139 Å². The Bertz CT molecular complexity index is 808. The predicted octanol–water partition coefficient (Wildman–Crippen LogP) is 5.40. The van der Waals surface area contributed by atoms with Crippen molar-refractivity contribution in [3.05, 3.63) is 74.8 Å². The van der Waals surface area contributed by atoms with Gasteiger partial charge in [0.25, 0.3) is 0 Å². The lowest BCUT2D eigenvalue weighted by Crippen LogP contribution is -1.91. The molecule has 0 fully saturated rings. The molecule has 0 bridgehead atoms. The maximum Gasteiger partial charge on any atom is 0.133 e. The van der Waals surface area contributed by atoms with Crippen LogP contribution in [0.1, 0.15) is 23.6 Å². The lowest BCUT2D eigenvalue weighted by atomic mass is 9.98. The van der Waals surface area contributed by atoms with E-state index >= 15 is 0 Å². The van der Waals surface area contributed by atoms with Crippen LogP contribution in [0, 0.1) is 22.7 Å². The third-order valence-corrected chi connectivity index (χ3v) is 4.09. The van der Waals surface area contributed by atoms with Gasteiger partial charge in [-0.15, -0.1) is 0 Å². The summed E-state index contributed by atoms with van der Waals surface area (Å²) in [5.41, 5.74) is 3.81. The van der Waals surface area contributed by atoms with E-state index in [1.807, 2.05) is 48.5 Å². The second-order valence-electron chi connectivity index (χ2n) is 4.85. The Kier molecular flexibility index (Phi) is 5.23. The molecule has 108 valence electrons. The van der Waals surface area contributed by atoms with Crippen molar-refractivity contribution in [2.75, 3.05) is 0 Å². The summed E-state index contributed by atoms with van der Waals surface area (Å²) in [6, 6.07) is 17.2. The molecule has 2 nitrogen and oxygen atoms in total. The van der Waals surface area contributed by atoms with E-state index in [4.69, 9.17) is 33.7 Å². The molecule has 0 N–H and O–H groups in total. The van der Waals surface area contributed by atoms with Gasteiger partial charge in [0.05, 0.1) is 10.0 Å². The van der Waals surface area contributed by atoms with Gasteiger partial charge in [-0.3, -0.25) is 0 Å². The molecule has 0 spiro atoms. The minimum atomic E-state index is 0.131. The third-order valence-electron chi connectivity index (χ3n) is 3.35. The zero-order valence-electron chi connectivity index (χ0n) is 11.9. The van der Waals surface area contributed by atoms with Crippen LogP contribution in [-0.2, 0) is 6.42 Å². The minimum Gasteiger partial charge on any atom is -0.192 e. The standard InChI is InChI=1S/C18H12Cl2N2/c1-12(16(10-21)11-22)15-4-2-3-13(8-15)7-14-5-6-17(19)18(20)9-14/h2-6,8-9H,7H2,1H3. The highest BCUT2D eigenvalue weighted by Crippen LogP contribution is 2.25. The molecule has 0 unspecified atom stereocenters. The van der Waals surface area contributed by atoms with Crippen LogP contribution in [0.4, 0.5) is 0 Å². The van der Waals surface area contributed by atoms with Crippen molar-refractivity contribution in [2.24, 2.45) is 0 Å². The van der Waals surface area contributed by atoms with Gasteiger partial charge in [0, 0.05) is 0 Å². The maximum atomic E-state index is 8.96. The summed E-state index contributed by atoms with van der Waals surface area (Å²) < 4.78 is 0. The highest BCUT2D eigenvalue weighted by Gasteiger charge is 2.06. The van der Waals surface area contributed by atoms with Gasteiger partial charge in [-0.1, -0.05) is 53.5 Å². The van der Waals surface area contributed by atoms with Crippen LogP contribution in [0.15, 0.2) is 48.0 Å². The second-order valence-corrected chi connectivity index (χ2v) is 5.66. The van der Waals surface area contributed by atoms with E-state index in [1.165, 1.54) is 0 Å². The van der Waals surface area contributed by atoms with Gasteiger partial charge in [-0.05, 0) is 47.7 Å². The highest BCUT2D eigenvalue weighted by atomic mass is 35.5. The first-order chi connectivity index (χ1) is 10.5. The predicted molar refractivity (Wildman–Crippen MR) is 89.5 cm³/mol. The number of benzene rings is 2. The summed E-state index contributed by atoms with van der Waals surface area (Å²) in [6.45, 7) is 1.78. The maximum absolute atomic E-state index is 8.96. The summed E-state index contributed by atoms with van der Waals surface area (Å²) in [4.78, 5) is 0. The van der Waals surface area contributed by atoms with Crippen molar-refractivity contribution >= 4 is 28.8 Å². The van der Waals surface area contributed by atoms with Crippen molar-refractivity contribution in [3.63, 3.8) is 0 Å². The average molecular weight is 327 g/mol. The van der Waals surface area contributed by atoms with Gasteiger partial charge in [0.1, 0.15) is 17.7 Å². The Morgan fingerprint density at radius 2 is 1.64 bits per heavy atom. The van der Waals surface area contributed by atoms with Gasteiger partial charge >= 0.3 is 0 Å². The molecule has 4 heteroatoms. The fourth-order valence-electron chi connectivity index (χ4n) is 2.14. The summed E-state index contributed by atoms with van der Waals surface area (Å²) in [7, 11) is 0. The van der Waals surface area contributed by atoms with Crippen LogP contribution in [-0.4, -0.2) is 0 Å². The molecule has 2 aromatic carbocycles. The fraction of sp³-hybridized carbons (Fsp3) is 0.111. The summed E-state index contributed by atoms with van der Waals surface area (Å²) in [6.07, 6.45) is 0.701. The van der Waals surface area contributed by atoms with Crippen molar-refractivity contribution in [3.8, 4) is 12.1 Å². The second kappa shape index (κ2) is 7.14. The Morgan fingerprint density at radius 1 is 0.955 bits per heavy atom. The molecule has 2 aromatic rings. The SMILES string of the molecule is CC(=C(C#N)C#N)c1cccc(Cc2ccc(Cl)c(Cl)c2)c1. The Morgan fingerprint density at radius 3 is 2.27 bits per heavy atom. The van der Waals surface area contributed by atoms with Crippen LogP contribution in [0.5, 0.6) is 0 Å². The van der Waals surface area contributed by atoms with Gasteiger partial charge in [0.2, 0.25) is 0 Å². The number of halogens is 2. The van der Waals surface area contributed by atoms with Gasteiger partial charge in [0.15, 0.2) is 0 Å². The van der Waals surface area contributed by atoms with E-state index in [9.17, 15) is 0 Å². The van der Waals surface area contributed by atoms with E-state index in [-0.39, 0.29) is 5.57 Å². The smallest absolute Gasteiger partial charge is 0.133 e. The monoisotopic (exact) mass is 326 g/mol. The quantitative estimate of drug-likeness (QED) is 0.708. The lowest BCUT2D eigenvalue weighted by molar-refractivity contribution is 1.19. The topological polar surface area (TPSA) is 47.6 Å². The average Bonchev–Trinajstić information content (AvgIpc) is 2.52. The van der Waals surface area contributed by atoms with Crippen LogP contribution >= 0.6 is 23.2 Å². The first-order valence-corrected chi connectivity index (χ1v) is 7.35. The van der Waals surface area contributed by atoms with Gasteiger partial charge in [-0.2, -0.15) is 10.5 Å². The van der Waals surface area contributed by atoms with Crippen molar-refractivity contribution < 1.29 is 0 Å². The fourth-order valence-corrected chi connectivity index (χ4v) is 2.46. The first-order valence-electron chi connectivity index (χ1n) is 6.59. The molecule has 0 saturated carbocycles.